The molecule has 1 saturated heterocycles. The summed E-state index contributed by atoms with van der Waals surface area (Å²) in [5.41, 5.74) is -1.15. The van der Waals surface area contributed by atoms with Crippen molar-refractivity contribution in [3.05, 3.63) is 35.4 Å². The van der Waals surface area contributed by atoms with Gasteiger partial charge >= 0.3 is 0 Å². The maximum atomic E-state index is 13.7. The van der Waals surface area contributed by atoms with Crippen molar-refractivity contribution in [3.63, 3.8) is 0 Å². The van der Waals surface area contributed by atoms with Gasteiger partial charge < -0.3 is 10.0 Å². The Balaban J connectivity index is 2.33. The largest absolute Gasteiger partial charge is 0.385 e. The van der Waals surface area contributed by atoms with Gasteiger partial charge in [0.1, 0.15) is 0 Å². The summed E-state index contributed by atoms with van der Waals surface area (Å²) >= 11 is 0. The fourth-order valence-corrected chi connectivity index (χ4v) is 2.39. The highest BCUT2D eigenvalue weighted by Gasteiger charge is 2.34. The summed E-state index contributed by atoms with van der Waals surface area (Å²) < 4.78 is 26.9. The molecule has 1 heterocycles. The summed E-state index contributed by atoms with van der Waals surface area (Å²) in [5, 5.41) is 10.5. The Morgan fingerprint density at radius 3 is 2.76 bits per heavy atom. The fourth-order valence-electron chi connectivity index (χ4n) is 2.39. The second-order valence-electron chi connectivity index (χ2n) is 4.79. The van der Waals surface area contributed by atoms with Crippen molar-refractivity contribution >= 4 is 0 Å². The Kier molecular flexibility index (Phi) is 3.45. The standard InChI is InChI=1S/C13H17F2NO/c1-16-8-3-6-13(17,7-9-16)10-4-2-5-11(14)12(10)15/h2,4-5,17H,3,6-9H2,1H3. The molecule has 94 valence electrons. The molecule has 1 atom stereocenters. The molecule has 2 rings (SSSR count). The van der Waals surface area contributed by atoms with E-state index < -0.39 is 17.2 Å². The maximum Gasteiger partial charge on any atom is 0.164 e. The van der Waals surface area contributed by atoms with Crippen LogP contribution < -0.4 is 0 Å². The van der Waals surface area contributed by atoms with Crippen molar-refractivity contribution in [3.8, 4) is 0 Å². The second-order valence-corrected chi connectivity index (χ2v) is 4.79. The van der Waals surface area contributed by atoms with Crippen LogP contribution in [0.25, 0.3) is 0 Å². The van der Waals surface area contributed by atoms with E-state index in [1.54, 1.807) is 0 Å². The van der Waals surface area contributed by atoms with Crippen LogP contribution >= 0.6 is 0 Å². The van der Waals surface area contributed by atoms with Crippen LogP contribution in [0.5, 0.6) is 0 Å². The first-order valence-electron chi connectivity index (χ1n) is 5.88. The molecule has 0 spiro atoms. The Morgan fingerprint density at radius 1 is 1.24 bits per heavy atom. The zero-order valence-electron chi connectivity index (χ0n) is 9.92. The van der Waals surface area contributed by atoms with E-state index in [0.29, 0.717) is 19.4 Å². The van der Waals surface area contributed by atoms with E-state index in [2.05, 4.69) is 4.90 Å². The van der Waals surface area contributed by atoms with Crippen LogP contribution in [-0.4, -0.2) is 30.1 Å². The Bertz CT molecular complexity index is 410. The SMILES string of the molecule is CN1CCCC(O)(c2cccc(F)c2F)CC1. The lowest BCUT2D eigenvalue weighted by Crippen LogP contribution is -2.29. The molecule has 1 N–H and O–H groups in total. The molecule has 0 radical (unpaired) electrons. The third-order valence-corrected chi connectivity index (χ3v) is 3.49. The first kappa shape index (κ1) is 12.5. The van der Waals surface area contributed by atoms with Gasteiger partial charge in [0.15, 0.2) is 11.6 Å². The predicted molar refractivity (Wildman–Crippen MR) is 61.6 cm³/mol. The smallest absolute Gasteiger partial charge is 0.164 e. The van der Waals surface area contributed by atoms with Crippen LogP contribution in [0.4, 0.5) is 8.78 Å². The lowest BCUT2D eigenvalue weighted by atomic mass is 9.86. The fraction of sp³-hybridized carbons (Fsp3) is 0.538. The average Bonchev–Trinajstić information content (AvgIpc) is 2.46. The molecule has 0 saturated carbocycles. The van der Waals surface area contributed by atoms with Gasteiger partial charge in [0.05, 0.1) is 5.60 Å². The maximum absolute atomic E-state index is 13.7. The minimum Gasteiger partial charge on any atom is -0.385 e. The van der Waals surface area contributed by atoms with Gasteiger partial charge in [0.25, 0.3) is 0 Å². The number of aliphatic hydroxyl groups is 1. The molecule has 4 heteroatoms. The Hall–Kier alpha value is -1.00. The van der Waals surface area contributed by atoms with Gasteiger partial charge in [-0.05, 0) is 38.9 Å². The number of hydrogen-bond donors (Lipinski definition) is 1. The van der Waals surface area contributed by atoms with Gasteiger partial charge in [-0.3, -0.25) is 0 Å². The van der Waals surface area contributed by atoms with Gasteiger partial charge in [-0.15, -0.1) is 0 Å². The van der Waals surface area contributed by atoms with Crippen molar-refractivity contribution < 1.29 is 13.9 Å². The number of hydrogen-bond acceptors (Lipinski definition) is 2. The topological polar surface area (TPSA) is 23.5 Å². The predicted octanol–water partition coefficient (Wildman–Crippen LogP) is 2.27. The molecule has 0 bridgehead atoms. The first-order chi connectivity index (χ1) is 8.03. The summed E-state index contributed by atoms with van der Waals surface area (Å²) in [4.78, 5) is 2.09. The third kappa shape index (κ3) is 2.48. The molecule has 0 aromatic heterocycles. The number of likely N-dealkylation sites (tertiary alicyclic amines) is 1. The molecule has 1 aliphatic rings. The molecular weight excluding hydrogens is 224 g/mol. The molecule has 17 heavy (non-hydrogen) atoms. The molecule has 1 unspecified atom stereocenters. The summed E-state index contributed by atoms with van der Waals surface area (Å²) in [6.07, 6.45) is 1.69. The number of rotatable bonds is 1. The third-order valence-electron chi connectivity index (χ3n) is 3.49. The number of nitrogens with zero attached hydrogens (tertiary/aromatic N) is 1. The van der Waals surface area contributed by atoms with Gasteiger partial charge in [0.2, 0.25) is 0 Å². The Morgan fingerprint density at radius 2 is 2.00 bits per heavy atom. The zero-order chi connectivity index (χ0) is 12.5. The zero-order valence-corrected chi connectivity index (χ0v) is 9.92. The second kappa shape index (κ2) is 4.70. The quantitative estimate of drug-likeness (QED) is 0.815. The average molecular weight is 241 g/mol. The summed E-state index contributed by atoms with van der Waals surface area (Å²) in [6.45, 7) is 1.56. The summed E-state index contributed by atoms with van der Waals surface area (Å²) in [7, 11) is 1.97. The van der Waals surface area contributed by atoms with Gasteiger partial charge in [-0.1, -0.05) is 12.1 Å². The number of benzene rings is 1. The molecule has 0 amide bonds. The lowest BCUT2D eigenvalue weighted by Gasteiger charge is -2.27. The summed E-state index contributed by atoms with van der Waals surface area (Å²) in [5.74, 6) is -1.81. The lowest BCUT2D eigenvalue weighted by molar-refractivity contribution is 0.0178. The van der Waals surface area contributed by atoms with E-state index in [0.717, 1.165) is 19.0 Å². The highest BCUT2D eigenvalue weighted by atomic mass is 19.2. The van der Waals surface area contributed by atoms with E-state index >= 15 is 0 Å². The molecule has 1 aliphatic heterocycles. The normalized spacial score (nSPS) is 26.8. The van der Waals surface area contributed by atoms with E-state index in [-0.39, 0.29) is 5.56 Å². The van der Waals surface area contributed by atoms with E-state index in [4.69, 9.17) is 0 Å². The van der Waals surface area contributed by atoms with Crippen molar-refractivity contribution in [1.82, 2.24) is 4.90 Å². The van der Waals surface area contributed by atoms with Crippen molar-refractivity contribution in [2.75, 3.05) is 20.1 Å². The molecule has 1 aromatic carbocycles. The monoisotopic (exact) mass is 241 g/mol. The number of halogens is 2. The molecule has 0 aliphatic carbocycles. The van der Waals surface area contributed by atoms with Crippen molar-refractivity contribution in [2.45, 2.75) is 24.9 Å². The molecule has 2 nitrogen and oxygen atoms in total. The van der Waals surface area contributed by atoms with Crippen LogP contribution in [0.2, 0.25) is 0 Å². The van der Waals surface area contributed by atoms with Gasteiger partial charge in [-0.25, -0.2) is 8.78 Å². The van der Waals surface area contributed by atoms with Crippen LogP contribution in [0.15, 0.2) is 18.2 Å². The first-order valence-corrected chi connectivity index (χ1v) is 5.88. The van der Waals surface area contributed by atoms with Crippen molar-refractivity contribution in [2.24, 2.45) is 0 Å². The van der Waals surface area contributed by atoms with Gasteiger partial charge in [-0.2, -0.15) is 0 Å². The highest BCUT2D eigenvalue weighted by molar-refractivity contribution is 5.25. The van der Waals surface area contributed by atoms with E-state index in [9.17, 15) is 13.9 Å². The van der Waals surface area contributed by atoms with Crippen LogP contribution in [0, 0.1) is 11.6 Å². The minimum absolute atomic E-state index is 0.0906. The minimum atomic E-state index is -1.24. The molecule has 1 aromatic rings. The van der Waals surface area contributed by atoms with Crippen LogP contribution in [-0.2, 0) is 5.60 Å². The van der Waals surface area contributed by atoms with Gasteiger partial charge in [0, 0.05) is 12.1 Å². The van der Waals surface area contributed by atoms with E-state index in [1.807, 2.05) is 7.05 Å². The highest BCUT2D eigenvalue weighted by Crippen LogP contribution is 2.34. The molecule has 1 fully saturated rings. The van der Waals surface area contributed by atoms with Crippen LogP contribution in [0.3, 0.4) is 0 Å². The Labute approximate surface area is 99.9 Å². The van der Waals surface area contributed by atoms with Crippen LogP contribution in [0.1, 0.15) is 24.8 Å². The van der Waals surface area contributed by atoms with Crippen molar-refractivity contribution in [1.29, 1.82) is 0 Å². The summed E-state index contributed by atoms with van der Waals surface area (Å²) in [6, 6.07) is 4.00. The molecular formula is C13H17F2NO. The van der Waals surface area contributed by atoms with E-state index in [1.165, 1.54) is 12.1 Å².